The van der Waals surface area contributed by atoms with Crippen molar-refractivity contribution in [3.05, 3.63) is 54.6 Å². The summed E-state index contributed by atoms with van der Waals surface area (Å²) in [6.07, 6.45) is 14.9. The standard InChI is InChI=1S/C34H39N7O3S/c35-12-10-22-6-8-26(9-7-22)41-30(21-44-39-33(36)34-17-23-14-24(18-34)16-25(15-23)19-34)38-29-20-37-32-28(31(29)41)11-13-40(32)45(42,43)27-4-2-1-3-5-27/h1-5,11,13,20,22-26H,6-10,14-19,21H2,(H2,36,39). The summed E-state index contributed by atoms with van der Waals surface area (Å²) in [5.41, 5.74) is 8.57. The van der Waals surface area contributed by atoms with Gasteiger partial charge in [0.1, 0.15) is 11.4 Å². The molecule has 5 aliphatic rings. The Morgan fingerprint density at radius 1 is 1.04 bits per heavy atom. The Bertz CT molecular complexity index is 1900. The highest BCUT2D eigenvalue weighted by atomic mass is 32.2. The van der Waals surface area contributed by atoms with Gasteiger partial charge in [0.15, 0.2) is 18.1 Å². The van der Waals surface area contributed by atoms with E-state index in [1.807, 2.05) is 6.07 Å². The zero-order valence-corrected chi connectivity index (χ0v) is 26.2. The molecule has 3 aromatic heterocycles. The Hall–Kier alpha value is -3.91. The Kier molecular flexibility index (Phi) is 6.89. The van der Waals surface area contributed by atoms with Crippen molar-refractivity contribution in [3.63, 3.8) is 0 Å². The minimum absolute atomic E-state index is 0.0305. The maximum Gasteiger partial charge on any atom is 0.269 e. The molecule has 2 N–H and O–H groups in total. The van der Waals surface area contributed by atoms with Gasteiger partial charge in [-0.05, 0) is 106 Å². The van der Waals surface area contributed by atoms with Crippen LogP contribution in [-0.4, -0.2) is 32.8 Å². The molecular weight excluding hydrogens is 586 g/mol. The molecule has 10 nitrogen and oxygen atoms in total. The fourth-order valence-corrected chi connectivity index (χ4v) is 10.8. The number of oxime groups is 1. The predicted molar refractivity (Wildman–Crippen MR) is 170 cm³/mol. The summed E-state index contributed by atoms with van der Waals surface area (Å²) in [4.78, 5) is 15.8. The molecule has 0 unspecified atom stereocenters. The molecule has 0 aliphatic heterocycles. The van der Waals surface area contributed by atoms with Crippen LogP contribution >= 0.6 is 0 Å². The third kappa shape index (κ3) is 4.80. The number of nitrogens with two attached hydrogens (primary N) is 1. The van der Waals surface area contributed by atoms with E-state index in [1.165, 1.54) is 23.2 Å². The van der Waals surface area contributed by atoms with E-state index in [0.717, 1.165) is 79.4 Å². The molecule has 5 fully saturated rings. The molecule has 5 saturated carbocycles. The monoisotopic (exact) mass is 625 g/mol. The first-order valence-corrected chi connectivity index (χ1v) is 17.8. The van der Waals surface area contributed by atoms with Crippen molar-refractivity contribution in [3.8, 4) is 6.07 Å². The summed E-state index contributed by atoms with van der Waals surface area (Å²) in [5, 5.41) is 14.5. The highest BCUT2D eigenvalue weighted by molar-refractivity contribution is 7.90. The van der Waals surface area contributed by atoms with Crippen LogP contribution in [-0.2, 0) is 21.5 Å². The molecule has 11 heteroatoms. The maximum absolute atomic E-state index is 13.6. The second kappa shape index (κ2) is 10.9. The number of hydrogen-bond acceptors (Lipinski definition) is 7. The Balaban J connectivity index is 1.15. The number of aromatic nitrogens is 4. The summed E-state index contributed by atoms with van der Waals surface area (Å²) in [7, 11) is -3.84. The van der Waals surface area contributed by atoms with Gasteiger partial charge in [-0.1, -0.05) is 23.4 Å². The maximum atomic E-state index is 13.6. The molecule has 0 radical (unpaired) electrons. The topological polar surface area (TPSA) is 141 Å². The van der Waals surface area contributed by atoms with E-state index in [-0.39, 0.29) is 23.0 Å². The summed E-state index contributed by atoms with van der Waals surface area (Å²) in [5.74, 6) is 4.04. The van der Waals surface area contributed by atoms with Crippen molar-refractivity contribution in [1.82, 2.24) is 18.5 Å². The smallest absolute Gasteiger partial charge is 0.269 e. The quantitative estimate of drug-likeness (QED) is 0.138. The van der Waals surface area contributed by atoms with Crippen LogP contribution in [0.2, 0.25) is 0 Å². The number of hydrogen-bond donors (Lipinski definition) is 1. The minimum Gasteiger partial charge on any atom is -0.386 e. The average Bonchev–Trinajstić information content (AvgIpc) is 3.63. The number of nitriles is 1. The predicted octanol–water partition coefficient (Wildman–Crippen LogP) is 6.27. The van der Waals surface area contributed by atoms with Crippen molar-refractivity contribution in [2.24, 2.45) is 40.0 Å². The minimum atomic E-state index is -3.84. The van der Waals surface area contributed by atoms with Gasteiger partial charge >= 0.3 is 0 Å². The van der Waals surface area contributed by atoms with Crippen LogP contribution in [0.1, 0.15) is 82.5 Å². The van der Waals surface area contributed by atoms with Gasteiger partial charge in [-0.15, -0.1) is 0 Å². The third-order valence-electron chi connectivity index (χ3n) is 11.2. The van der Waals surface area contributed by atoms with E-state index in [1.54, 1.807) is 42.7 Å². The van der Waals surface area contributed by atoms with Gasteiger partial charge in [-0.2, -0.15) is 5.26 Å². The van der Waals surface area contributed by atoms with Crippen LogP contribution in [0.5, 0.6) is 0 Å². The van der Waals surface area contributed by atoms with Crippen LogP contribution in [0.15, 0.2) is 58.8 Å². The second-order valence-electron chi connectivity index (χ2n) is 14.0. The van der Waals surface area contributed by atoms with Crippen LogP contribution in [0.25, 0.3) is 22.1 Å². The Labute approximate surface area is 263 Å². The van der Waals surface area contributed by atoms with Crippen LogP contribution in [0, 0.1) is 40.4 Å². The molecule has 5 aliphatic carbocycles. The number of benzene rings is 1. The van der Waals surface area contributed by atoms with Gasteiger partial charge in [-0.3, -0.25) is 0 Å². The summed E-state index contributed by atoms with van der Waals surface area (Å²) in [6, 6.07) is 12.7. The zero-order chi connectivity index (χ0) is 30.8. The van der Waals surface area contributed by atoms with Gasteiger partial charge in [0, 0.05) is 29.5 Å². The molecular formula is C34H39N7O3S. The molecule has 9 rings (SSSR count). The zero-order valence-electron chi connectivity index (χ0n) is 25.4. The molecule has 0 saturated heterocycles. The number of nitrogens with zero attached hydrogens (tertiary/aromatic N) is 6. The van der Waals surface area contributed by atoms with Crippen LogP contribution < -0.4 is 5.73 Å². The van der Waals surface area contributed by atoms with E-state index in [4.69, 9.17) is 15.6 Å². The lowest BCUT2D eigenvalue weighted by Gasteiger charge is -2.56. The summed E-state index contributed by atoms with van der Waals surface area (Å²) in [6.45, 7) is 0.157. The fraction of sp³-hybridized carbons (Fsp3) is 0.529. The molecule has 4 bridgehead atoms. The molecule has 0 atom stereocenters. The first-order chi connectivity index (χ1) is 21.8. The number of amidine groups is 1. The Morgan fingerprint density at radius 3 is 2.40 bits per heavy atom. The highest BCUT2D eigenvalue weighted by Crippen LogP contribution is 2.60. The highest BCUT2D eigenvalue weighted by Gasteiger charge is 2.53. The fourth-order valence-electron chi connectivity index (χ4n) is 9.51. The van der Waals surface area contributed by atoms with Crippen molar-refractivity contribution in [1.29, 1.82) is 5.26 Å². The molecule has 1 aromatic carbocycles. The largest absolute Gasteiger partial charge is 0.386 e. The van der Waals surface area contributed by atoms with Crippen molar-refractivity contribution < 1.29 is 13.3 Å². The summed E-state index contributed by atoms with van der Waals surface area (Å²) < 4.78 is 30.7. The molecule has 0 amide bonds. The van der Waals surface area contributed by atoms with E-state index in [2.05, 4.69) is 20.8 Å². The molecule has 4 aromatic rings. The van der Waals surface area contributed by atoms with Crippen molar-refractivity contribution in [2.75, 3.05) is 0 Å². The van der Waals surface area contributed by atoms with E-state index in [0.29, 0.717) is 29.3 Å². The number of fused-ring (bicyclic) bond motifs is 3. The number of imidazole rings is 1. The Morgan fingerprint density at radius 2 is 1.73 bits per heavy atom. The normalized spacial score (nSPS) is 29.8. The molecule has 234 valence electrons. The first kappa shape index (κ1) is 28.6. The van der Waals surface area contributed by atoms with Crippen LogP contribution in [0.4, 0.5) is 0 Å². The van der Waals surface area contributed by atoms with Crippen molar-refractivity contribution >= 4 is 37.9 Å². The number of pyridine rings is 1. The SMILES string of the molecule is N#CCC1CCC(n2c(CO/N=C(\N)C34CC5CC(CC(C5)C3)C4)nc3cnc4c(ccn4S(=O)(=O)c4ccccc4)c32)CC1. The van der Waals surface area contributed by atoms with Gasteiger partial charge in [-0.25, -0.2) is 22.4 Å². The van der Waals surface area contributed by atoms with Gasteiger partial charge < -0.3 is 15.1 Å². The molecule has 45 heavy (non-hydrogen) atoms. The number of rotatable bonds is 8. The summed E-state index contributed by atoms with van der Waals surface area (Å²) >= 11 is 0. The average molecular weight is 626 g/mol. The third-order valence-corrected chi connectivity index (χ3v) is 12.9. The van der Waals surface area contributed by atoms with E-state index < -0.39 is 10.0 Å². The lowest BCUT2D eigenvalue weighted by Crippen LogP contribution is -2.52. The molecule has 3 heterocycles. The lowest BCUT2D eigenvalue weighted by molar-refractivity contribution is -0.0160. The van der Waals surface area contributed by atoms with Gasteiger partial charge in [0.2, 0.25) is 0 Å². The first-order valence-electron chi connectivity index (χ1n) is 16.3. The van der Waals surface area contributed by atoms with E-state index >= 15 is 0 Å². The van der Waals surface area contributed by atoms with Gasteiger partial charge in [0.05, 0.1) is 22.7 Å². The lowest BCUT2D eigenvalue weighted by atomic mass is 9.49. The van der Waals surface area contributed by atoms with Gasteiger partial charge in [0.25, 0.3) is 10.0 Å². The molecule has 0 spiro atoms. The van der Waals surface area contributed by atoms with Crippen molar-refractivity contribution in [2.45, 2.75) is 88.2 Å². The second-order valence-corrected chi connectivity index (χ2v) is 15.9. The van der Waals surface area contributed by atoms with E-state index in [9.17, 15) is 13.7 Å². The van der Waals surface area contributed by atoms with Crippen LogP contribution in [0.3, 0.4) is 0 Å².